The number of likely N-dealkylation sites (tertiary alicyclic amines) is 1. The summed E-state index contributed by atoms with van der Waals surface area (Å²) in [6.07, 6.45) is 2.84. The van der Waals surface area contributed by atoms with Crippen molar-refractivity contribution >= 4 is 11.9 Å². The van der Waals surface area contributed by atoms with Gasteiger partial charge in [0.25, 0.3) is 0 Å². The van der Waals surface area contributed by atoms with E-state index in [1.54, 1.807) is 0 Å². The fourth-order valence-corrected chi connectivity index (χ4v) is 2.62. The van der Waals surface area contributed by atoms with Gasteiger partial charge in [-0.25, -0.2) is 0 Å². The maximum atomic E-state index is 11.9. The lowest BCUT2D eigenvalue weighted by Crippen LogP contribution is -2.51. The molecule has 0 bridgehead atoms. The number of rotatable bonds is 6. The van der Waals surface area contributed by atoms with Crippen LogP contribution < -0.4 is 5.32 Å². The summed E-state index contributed by atoms with van der Waals surface area (Å²) in [4.78, 5) is 25.3. The van der Waals surface area contributed by atoms with E-state index in [1.807, 2.05) is 20.8 Å². The van der Waals surface area contributed by atoms with Crippen molar-refractivity contribution in [2.45, 2.75) is 52.5 Å². The minimum absolute atomic E-state index is 0.0428. The quantitative estimate of drug-likeness (QED) is 0.767. The largest absolute Gasteiger partial charge is 0.481 e. The average molecular weight is 270 g/mol. The number of hydrogen-bond donors (Lipinski definition) is 2. The molecule has 1 atom stereocenters. The van der Waals surface area contributed by atoms with E-state index in [4.69, 9.17) is 0 Å². The van der Waals surface area contributed by atoms with Gasteiger partial charge in [-0.1, -0.05) is 13.8 Å². The molecule has 0 spiro atoms. The molecule has 0 saturated carbocycles. The second-order valence-electron chi connectivity index (χ2n) is 5.44. The summed E-state index contributed by atoms with van der Waals surface area (Å²) in [5.74, 6) is -0.654. The Hall–Kier alpha value is -1.10. The van der Waals surface area contributed by atoms with E-state index in [0.29, 0.717) is 38.9 Å². The zero-order valence-corrected chi connectivity index (χ0v) is 12.2. The predicted molar refractivity (Wildman–Crippen MR) is 73.9 cm³/mol. The monoisotopic (exact) mass is 270 g/mol. The normalized spacial score (nSPS) is 20.8. The molecule has 110 valence electrons. The number of carbonyl (C=O) groups excluding carboxylic acids is 1. The van der Waals surface area contributed by atoms with Crippen molar-refractivity contribution in [3.63, 3.8) is 0 Å². The van der Waals surface area contributed by atoms with E-state index in [9.17, 15) is 14.7 Å². The first-order valence-electron chi connectivity index (χ1n) is 7.22. The predicted octanol–water partition coefficient (Wildman–Crippen LogP) is 1.48. The molecule has 1 rings (SSSR count). The Bertz CT molecular complexity index is 323. The Morgan fingerprint density at radius 3 is 2.32 bits per heavy atom. The number of nitrogens with one attached hydrogen (secondary N) is 1. The van der Waals surface area contributed by atoms with E-state index in [-0.39, 0.29) is 11.9 Å². The van der Waals surface area contributed by atoms with Crippen LogP contribution in [-0.2, 0) is 9.59 Å². The topological polar surface area (TPSA) is 69.6 Å². The second-order valence-corrected chi connectivity index (χ2v) is 5.44. The standard InChI is InChI=1S/C14H26N2O3/c1-4-8-15-12(17)11(3)16-9-6-14(5-2,7-10-16)13(18)19/h11H,4-10H2,1-3H3,(H,15,17)(H,18,19). The van der Waals surface area contributed by atoms with Crippen LogP contribution >= 0.6 is 0 Å². The van der Waals surface area contributed by atoms with Crippen LogP contribution in [0.4, 0.5) is 0 Å². The maximum Gasteiger partial charge on any atom is 0.309 e. The van der Waals surface area contributed by atoms with Gasteiger partial charge in [-0.2, -0.15) is 0 Å². The summed E-state index contributed by atoms with van der Waals surface area (Å²) in [6, 6.07) is -0.171. The number of aliphatic carboxylic acids is 1. The lowest BCUT2D eigenvalue weighted by Gasteiger charge is -2.40. The van der Waals surface area contributed by atoms with Crippen LogP contribution in [0.15, 0.2) is 0 Å². The fraction of sp³-hybridized carbons (Fsp3) is 0.857. The first-order chi connectivity index (χ1) is 8.96. The molecule has 5 nitrogen and oxygen atoms in total. The second kappa shape index (κ2) is 6.89. The highest BCUT2D eigenvalue weighted by Gasteiger charge is 2.41. The Morgan fingerprint density at radius 1 is 1.32 bits per heavy atom. The summed E-state index contributed by atoms with van der Waals surface area (Å²) in [5.41, 5.74) is -0.587. The summed E-state index contributed by atoms with van der Waals surface area (Å²) >= 11 is 0. The third kappa shape index (κ3) is 3.69. The minimum Gasteiger partial charge on any atom is -0.481 e. The van der Waals surface area contributed by atoms with Crippen LogP contribution in [-0.4, -0.2) is 47.6 Å². The molecule has 0 aliphatic carbocycles. The molecule has 1 heterocycles. The van der Waals surface area contributed by atoms with Crippen molar-refractivity contribution in [1.82, 2.24) is 10.2 Å². The third-order valence-corrected chi connectivity index (χ3v) is 4.36. The number of piperidine rings is 1. The third-order valence-electron chi connectivity index (χ3n) is 4.36. The molecule has 1 unspecified atom stereocenters. The highest BCUT2D eigenvalue weighted by Crippen LogP contribution is 2.35. The van der Waals surface area contributed by atoms with Crippen molar-refractivity contribution in [2.75, 3.05) is 19.6 Å². The van der Waals surface area contributed by atoms with Gasteiger partial charge in [0.15, 0.2) is 0 Å². The molecule has 0 aromatic heterocycles. The molecule has 0 radical (unpaired) electrons. The highest BCUT2D eigenvalue weighted by molar-refractivity contribution is 5.81. The zero-order valence-electron chi connectivity index (χ0n) is 12.2. The lowest BCUT2D eigenvalue weighted by molar-refractivity contribution is -0.152. The molecule has 0 aromatic rings. The van der Waals surface area contributed by atoms with Crippen molar-refractivity contribution in [2.24, 2.45) is 5.41 Å². The van der Waals surface area contributed by atoms with E-state index in [2.05, 4.69) is 10.2 Å². The fourth-order valence-electron chi connectivity index (χ4n) is 2.62. The number of carboxylic acid groups (broad SMARTS) is 1. The zero-order chi connectivity index (χ0) is 14.5. The summed E-state index contributed by atoms with van der Waals surface area (Å²) in [5, 5.41) is 12.2. The highest BCUT2D eigenvalue weighted by atomic mass is 16.4. The molecule has 1 amide bonds. The lowest BCUT2D eigenvalue weighted by atomic mass is 9.76. The van der Waals surface area contributed by atoms with Gasteiger partial charge in [0, 0.05) is 19.6 Å². The Labute approximate surface area is 115 Å². The summed E-state index contributed by atoms with van der Waals surface area (Å²) in [7, 11) is 0. The van der Waals surface area contributed by atoms with Gasteiger partial charge >= 0.3 is 5.97 Å². The van der Waals surface area contributed by atoms with E-state index < -0.39 is 11.4 Å². The van der Waals surface area contributed by atoms with Gasteiger partial charge in [0.2, 0.25) is 5.91 Å². The molecule has 2 N–H and O–H groups in total. The molecule has 1 aliphatic rings. The van der Waals surface area contributed by atoms with E-state index in [1.165, 1.54) is 0 Å². The van der Waals surface area contributed by atoms with Crippen LogP contribution in [0, 0.1) is 5.41 Å². The van der Waals surface area contributed by atoms with Gasteiger partial charge in [-0.15, -0.1) is 0 Å². The summed E-state index contributed by atoms with van der Waals surface area (Å²) < 4.78 is 0. The SMILES string of the molecule is CCCNC(=O)C(C)N1CCC(CC)(C(=O)O)CC1. The van der Waals surface area contributed by atoms with Gasteiger partial charge in [-0.3, -0.25) is 14.5 Å². The number of carbonyl (C=O) groups is 2. The summed E-state index contributed by atoms with van der Waals surface area (Å²) in [6.45, 7) is 7.91. The number of nitrogens with zero attached hydrogens (tertiary/aromatic N) is 1. The van der Waals surface area contributed by atoms with E-state index >= 15 is 0 Å². The van der Waals surface area contributed by atoms with Crippen LogP contribution in [0.5, 0.6) is 0 Å². The number of hydrogen-bond acceptors (Lipinski definition) is 3. The Kier molecular flexibility index (Phi) is 5.79. The van der Waals surface area contributed by atoms with Crippen molar-refractivity contribution in [1.29, 1.82) is 0 Å². The van der Waals surface area contributed by atoms with Crippen molar-refractivity contribution in [3.8, 4) is 0 Å². The first kappa shape index (κ1) is 16.0. The average Bonchev–Trinajstić information content (AvgIpc) is 2.43. The molecule has 19 heavy (non-hydrogen) atoms. The van der Waals surface area contributed by atoms with Crippen LogP contribution in [0.3, 0.4) is 0 Å². The van der Waals surface area contributed by atoms with Gasteiger partial charge in [0.1, 0.15) is 0 Å². The molecule has 0 aromatic carbocycles. The molecule has 5 heteroatoms. The van der Waals surface area contributed by atoms with Gasteiger partial charge in [0.05, 0.1) is 11.5 Å². The van der Waals surface area contributed by atoms with E-state index in [0.717, 1.165) is 6.42 Å². The number of carboxylic acids is 1. The van der Waals surface area contributed by atoms with Crippen molar-refractivity contribution in [3.05, 3.63) is 0 Å². The minimum atomic E-state index is -0.697. The van der Waals surface area contributed by atoms with Crippen LogP contribution in [0.1, 0.15) is 46.5 Å². The molecule has 1 saturated heterocycles. The van der Waals surface area contributed by atoms with Crippen LogP contribution in [0.2, 0.25) is 0 Å². The molecule has 1 aliphatic heterocycles. The molecular formula is C14H26N2O3. The van der Waals surface area contributed by atoms with Crippen molar-refractivity contribution < 1.29 is 14.7 Å². The molecular weight excluding hydrogens is 244 g/mol. The number of amides is 1. The Balaban J connectivity index is 2.53. The maximum absolute atomic E-state index is 11.9. The van der Waals surface area contributed by atoms with Gasteiger partial charge in [-0.05, 0) is 32.6 Å². The Morgan fingerprint density at radius 2 is 1.89 bits per heavy atom. The molecule has 1 fully saturated rings. The van der Waals surface area contributed by atoms with Crippen LogP contribution in [0.25, 0.3) is 0 Å². The smallest absolute Gasteiger partial charge is 0.309 e. The van der Waals surface area contributed by atoms with Gasteiger partial charge < -0.3 is 10.4 Å². The first-order valence-corrected chi connectivity index (χ1v) is 7.22.